The molecule has 86 valence electrons. The van der Waals surface area contributed by atoms with Gasteiger partial charge in [-0.3, -0.25) is 0 Å². The van der Waals surface area contributed by atoms with E-state index in [1.165, 1.54) is 5.56 Å². The van der Waals surface area contributed by atoms with Gasteiger partial charge >= 0.3 is 0 Å². The van der Waals surface area contributed by atoms with Gasteiger partial charge in [0.1, 0.15) is 5.75 Å². The molecule has 3 nitrogen and oxygen atoms in total. The zero-order valence-corrected chi connectivity index (χ0v) is 10.3. The van der Waals surface area contributed by atoms with Crippen molar-refractivity contribution in [3.05, 3.63) is 29.3 Å². The normalized spacial score (nSPS) is 10.0. The van der Waals surface area contributed by atoms with Crippen LogP contribution in [-0.2, 0) is 6.54 Å². The largest absolute Gasteiger partial charge is 0.496 e. The Hall–Kier alpha value is -1.69. The Morgan fingerprint density at radius 2 is 2.12 bits per heavy atom. The lowest BCUT2D eigenvalue weighted by Crippen LogP contribution is -2.11. The standard InChI is InChI=1S/C13H18N2O/c1-10(2)11-5-6-13(16-4)12(7-11)8-15(3)9-14/h5-7,10H,8H2,1-4H3. The number of hydrogen-bond acceptors (Lipinski definition) is 3. The molecule has 1 aromatic rings. The topological polar surface area (TPSA) is 36.3 Å². The minimum atomic E-state index is 0.483. The molecule has 0 aliphatic carbocycles. The first-order valence-corrected chi connectivity index (χ1v) is 5.36. The Labute approximate surface area is 97.3 Å². The fourth-order valence-electron chi connectivity index (χ4n) is 1.57. The van der Waals surface area contributed by atoms with Gasteiger partial charge in [-0.25, -0.2) is 0 Å². The van der Waals surface area contributed by atoms with Crippen LogP contribution in [0.3, 0.4) is 0 Å². The lowest BCUT2D eigenvalue weighted by molar-refractivity contribution is 0.393. The molecule has 0 spiro atoms. The molecule has 0 radical (unpaired) electrons. The predicted molar refractivity (Wildman–Crippen MR) is 64.2 cm³/mol. The first-order valence-electron chi connectivity index (χ1n) is 5.36. The number of ether oxygens (including phenoxy) is 1. The summed E-state index contributed by atoms with van der Waals surface area (Å²) in [6.45, 7) is 4.89. The first-order chi connectivity index (χ1) is 7.58. The minimum absolute atomic E-state index is 0.483. The fraction of sp³-hybridized carbons (Fsp3) is 0.462. The summed E-state index contributed by atoms with van der Waals surface area (Å²) in [7, 11) is 3.42. The molecule has 0 saturated carbocycles. The van der Waals surface area contributed by atoms with Crippen LogP contribution in [0.2, 0.25) is 0 Å². The van der Waals surface area contributed by atoms with Gasteiger partial charge in [0.25, 0.3) is 0 Å². The summed E-state index contributed by atoms with van der Waals surface area (Å²) in [5.74, 6) is 1.32. The van der Waals surface area contributed by atoms with Crippen molar-refractivity contribution in [2.24, 2.45) is 0 Å². The van der Waals surface area contributed by atoms with Crippen LogP contribution in [0, 0.1) is 11.5 Å². The van der Waals surface area contributed by atoms with E-state index in [1.807, 2.05) is 6.07 Å². The molecule has 0 saturated heterocycles. The smallest absolute Gasteiger partial charge is 0.179 e. The van der Waals surface area contributed by atoms with Gasteiger partial charge in [-0.05, 0) is 17.5 Å². The molecule has 16 heavy (non-hydrogen) atoms. The van der Waals surface area contributed by atoms with Crippen molar-refractivity contribution in [1.29, 1.82) is 5.26 Å². The highest BCUT2D eigenvalue weighted by Gasteiger charge is 2.08. The van der Waals surface area contributed by atoms with Crippen molar-refractivity contribution in [1.82, 2.24) is 4.90 Å². The molecular formula is C13H18N2O. The van der Waals surface area contributed by atoms with Crippen molar-refractivity contribution in [2.75, 3.05) is 14.2 Å². The van der Waals surface area contributed by atoms with Crippen molar-refractivity contribution >= 4 is 0 Å². The lowest BCUT2D eigenvalue weighted by Gasteiger charge is -2.15. The number of nitriles is 1. The van der Waals surface area contributed by atoms with Gasteiger partial charge in [-0.2, -0.15) is 5.26 Å². The van der Waals surface area contributed by atoms with Gasteiger partial charge in [-0.15, -0.1) is 0 Å². The summed E-state index contributed by atoms with van der Waals surface area (Å²) in [5, 5.41) is 8.77. The van der Waals surface area contributed by atoms with Crippen molar-refractivity contribution in [3.8, 4) is 11.9 Å². The van der Waals surface area contributed by atoms with Crippen LogP contribution >= 0.6 is 0 Å². The average molecular weight is 218 g/mol. The third-order valence-corrected chi connectivity index (χ3v) is 2.55. The Morgan fingerprint density at radius 1 is 1.44 bits per heavy atom. The van der Waals surface area contributed by atoms with Crippen LogP contribution in [0.5, 0.6) is 5.75 Å². The van der Waals surface area contributed by atoms with Gasteiger partial charge in [0.05, 0.1) is 13.7 Å². The second-order valence-corrected chi connectivity index (χ2v) is 4.18. The summed E-state index contributed by atoms with van der Waals surface area (Å²) in [5.41, 5.74) is 2.32. The second-order valence-electron chi connectivity index (χ2n) is 4.18. The molecule has 0 bridgehead atoms. The van der Waals surface area contributed by atoms with E-state index in [4.69, 9.17) is 10.00 Å². The maximum atomic E-state index is 8.77. The lowest BCUT2D eigenvalue weighted by atomic mass is 10.00. The molecule has 1 aromatic carbocycles. The van der Waals surface area contributed by atoms with Gasteiger partial charge in [0, 0.05) is 12.6 Å². The van der Waals surface area contributed by atoms with Crippen LogP contribution < -0.4 is 4.74 Å². The van der Waals surface area contributed by atoms with Gasteiger partial charge in [0.15, 0.2) is 6.19 Å². The van der Waals surface area contributed by atoms with Crippen LogP contribution in [-0.4, -0.2) is 19.1 Å². The molecule has 3 heteroatoms. The number of hydrogen-bond donors (Lipinski definition) is 0. The highest BCUT2D eigenvalue weighted by atomic mass is 16.5. The van der Waals surface area contributed by atoms with E-state index >= 15 is 0 Å². The third-order valence-electron chi connectivity index (χ3n) is 2.55. The van der Waals surface area contributed by atoms with Gasteiger partial charge < -0.3 is 9.64 Å². The molecule has 0 amide bonds. The number of benzene rings is 1. The Balaban J connectivity index is 3.03. The van der Waals surface area contributed by atoms with Gasteiger partial charge in [0.2, 0.25) is 0 Å². The summed E-state index contributed by atoms with van der Waals surface area (Å²) in [6.07, 6.45) is 2.09. The molecule has 0 aliphatic heterocycles. The fourth-order valence-corrected chi connectivity index (χ4v) is 1.57. The van der Waals surface area contributed by atoms with Crippen molar-refractivity contribution in [3.63, 3.8) is 0 Å². The van der Waals surface area contributed by atoms with Crippen LogP contribution in [0.25, 0.3) is 0 Å². The van der Waals surface area contributed by atoms with E-state index in [2.05, 4.69) is 32.2 Å². The maximum Gasteiger partial charge on any atom is 0.179 e. The first kappa shape index (κ1) is 12.4. The SMILES string of the molecule is COc1ccc(C(C)C)cc1CN(C)C#N. The summed E-state index contributed by atoms with van der Waals surface area (Å²) in [4.78, 5) is 1.59. The maximum absolute atomic E-state index is 8.77. The second kappa shape index (κ2) is 5.41. The van der Waals surface area contributed by atoms with Gasteiger partial charge in [-0.1, -0.05) is 26.0 Å². The Bertz CT molecular complexity index is 393. The molecule has 0 aliphatic rings. The van der Waals surface area contributed by atoms with E-state index < -0.39 is 0 Å². The summed E-state index contributed by atoms with van der Waals surface area (Å²) in [6, 6.07) is 6.15. The number of methoxy groups -OCH3 is 1. The van der Waals surface area contributed by atoms with E-state index in [0.29, 0.717) is 12.5 Å². The van der Waals surface area contributed by atoms with Crippen molar-refractivity contribution in [2.45, 2.75) is 26.3 Å². The van der Waals surface area contributed by atoms with Crippen LogP contribution in [0.15, 0.2) is 18.2 Å². The Kier molecular flexibility index (Phi) is 4.19. The quantitative estimate of drug-likeness (QED) is 0.576. The predicted octanol–water partition coefficient (Wildman–Crippen LogP) is 2.73. The third kappa shape index (κ3) is 2.90. The molecule has 0 N–H and O–H groups in total. The molecular weight excluding hydrogens is 200 g/mol. The zero-order valence-electron chi connectivity index (χ0n) is 10.3. The van der Waals surface area contributed by atoms with E-state index in [-0.39, 0.29) is 0 Å². The zero-order chi connectivity index (χ0) is 12.1. The molecule has 0 fully saturated rings. The van der Waals surface area contributed by atoms with E-state index in [1.54, 1.807) is 19.1 Å². The molecule has 0 unspecified atom stereocenters. The molecule has 1 rings (SSSR count). The molecule has 0 atom stereocenters. The average Bonchev–Trinajstić information content (AvgIpc) is 2.28. The van der Waals surface area contributed by atoms with E-state index in [0.717, 1.165) is 11.3 Å². The highest BCUT2D eigenvalue weighted by molar-refractivity contribution is 5.38. The molecule has 0 heterocycles. The Morgan fingerprint density at radius 3 is 2.62 bits per heavy atom. The van der Waals surface area contributed by atoms with E-state index in [9.17, 15) is 0 Å². The highest BCUT2D eigenvalue weighted by Crippen LogP contribution is 2.24. The number of nitrogens with zero attached hydrogens (tertiary/aromatic N) is 2. The number of rotatable bonds is 4. The monoisotopic (exact) mass is 218 g/mol. The minimum Gasteiger partial charge on any atom is -0.496 e. The summed E-state index contributed by atoms with van der Waals surface area (Å²) < 4.78 is 5.29. The summed E-state index contributed by atoms with van der Waals surface area (Å²) >= 11 is 0. The van der Waals surface area contributed by atoms with Crippen LogP contribution in [0.4, 0.5) is 0 Å². The molecule has 0 aromatic heterocycles. The van der Waals surface area contributed by atoms with Crippen LogP contribution in [0.1, 0.15) is 30.9 Å². The van der Waals surface area contributed by atoms with Crippen molar-refractivity contribution < 1.29 is 4.74 Å².